The van der Waals surface area contributed by atoms with E-state index in [9.17, 15) is 0 Å². The van der Waals surface area contributed by atoms with Gasteiger partial charge in [-0.25, -0.2) is 0 Å². The van der Waals surface area contributed by atoms with E-state index in [1.54, 1.807) is 6.33 Å². The third-order valence-electron chi connectivity index (χ3n) is 2.56. The second kappa shape index (κ2) is 4.76. The number of rotatable bonds is 4. The Morgan fingerprint density at radius 3 is 2.88 bits per heavy atom. The minimum absolute atomic E-state index is 0.357. The molecule has 1 unspecified atom stereocenters. The summed E-state index contributed by atoms with van der Waals surface area (Å²) in [6, 6.07) is 4.69. The third-order valence-corrected chi connectivity index (χ3v) is 3.74. The monoisotopic (exact) mass is 236 g/mol. The Kier molecular flexibility index (Phi) is 3.36. The maximum Gasteiger partial charge on any atom is 0.146 e. The first kappa shape index (κ1) is 11.3. The Morgan fingerprint density at radius 1 is 1.50 bits per heavy atom. The molecule has 0 spiro atoms. The summed E-state index contributed by atoms with van der Waals surface area (Å²) in [6.45, 7) is 5.04. The van der Waals surface area contributed by atoms with Crippen LogP contribution in [0, 0.1) is 6.92 Å². The SMILES string of the molecule is Cc1ccc(C(C)NCc2nncn2C)s1. The molecule has 0 radical (unpaired) electrons. The molecular formula is C11H16N4S. The Bertz CT molecular complexity index is 460. The molecule has 2 aromatic rings. The van der Waals surface area contributed by atoms with E-state index in [-0.39, 0.29) is 0 Å². The van der Waals surface area contributed by atoms with Gasteiger partial charge >= 0.3 is 0 Å². The molecule has 2 rings (SSSR count). The topological polar surface area (TPSA) is 42.7 Å². The first-order valence-corrected chi connectivity index (χ1v) is 6.11. The van der Waals surface area contributed by atoms with Crippen molar-refractivity contribution in [2.24, 2.45) is 7.05 Å². The molecule has 0 aliphatic carbocycles. The van der Waals surface area contributed by atoms with E-state index >= 15 is 0 Å². The van der Waals surface area contributed by atoms with Crippen LogP contribution < -0.4 is 5.32 Å². The van der Waals surface area contributed by atoms with Gasteiger partial charge in [0.15, 0.2) is 0 Å². The van der Waals surface area contributed by atoms with Crippen LogP contribution in [-0.2, 0) is 13.6 Å². The maximum atomic E-state index is 4.04. The van der Waals surface area contributed by atoms with Crippen LogP contribution in [0.4, 0.5) is 0 Å². The first-order valence-electron chi connectivity index (χ1n) is 5.29. The van der Waals surface area contributed by atoms with Gasteiger partial charge in [-0.15, -0.1) is 21.5 Å². The second-order valence-electron chi connectivity index (χ2n) is 3.91. The highest BCUT2D eigenvalue weighted by Crippen LogP contribution is 2.22. The fraction of sp³-hybridized carbons (Fsp3) is 0.455. The van der Waals surface area contributed by atoms with Crippen molar-refractivity contribution in [3.8, 4) is 0 Å². The molecule has 0 saturated heterocycles. The lowest BCUT2D eigenvalue weighted by atomic mass is 10.2. The number of aromatic nitrogens is 3. The van der Waals surface area contributed by atoms with Crippen LogP contribution in [0.15, 0.2) is 18.5 Å². The fourth-order valence-corrected chi connectivity index (χ4v) is 2.40. The highest BCUT2D eigenvalue weighted by Gasteiger charge is 2.08. The van der Waals surface area contributed by atoms with Gasteiger partial charge in [0, 0.05) is 22.8 Å². The predicted octanol–water partition coefficient (Wildman–Crippen LogP) is 2.04. The predicted molar refractivity (Wildman–Crippen MR) is 65.3 cm³/mol. The summed E-state index contributed by atoms with van der Waals surface area (Å²) < 4.78 is 1.93. The third kappa shape index (κ3) is 2.48. The molecule has 2 aromatic heterocycles. The van der Waals surface area contributed by atoms with Crippen LogP contribution in [0.5, 0.6) is 0 Å². The van der Waals surface area contributed by atoms with E-state index in [2.05, 4.69) is 41.5 Å². The number of hydrogen-bond acceptors (Lipinski definition) is 4. The van der Waals surface area contributed by atoms with Gasteiger partial charge < -0.3 is 9.88 Å². The van der Waals surface area contributed by atoms with Crippen molar-refractivity contribution in [3.05, 3.63) is 34.0 Å². The summed E-state index contributed by atoms with van der Waals surface area (Å²) in [5.41, 5.74) is 0. The molecule has 0 saturated carbocycles. The van der Waals surface area contributed by atoms with Gasteiger partial charge in [0.05, 0.1) is 6.54 Å². The zero-order valence-electron chi connectivity index (χ0n) is 9.77. The molecule has 0 bridgehead atoms. The molecule has 4 nitrogen and oxygen atoms in total. The van der Waals surface area contributed by atoms with E-state index in [0.29, 0.717) is 6.04 Å². The highest BCUT2D eigenvalue weighted by atomic mass is 32.1. The minimum Gasteiger partial charge on any atom is -0.320 e. The van der Waals surface area contributed by atoms with Crippen LogP contribution in [-0.4, -0.2) is 14.8 Å². The van der Waals surface area contributed by atoms with Crippen molar-refractivity contribution in [2.45, 2.75) is 26.4 Å². The van der Waals surface area contributed by atoms with E-state index < -0.39 is 0 Å². The van der Waals surface area contributed by atoms with Crippen LogP contribution in [0.2, 0.25) is 0 Å². The molecule has 2 heterocycles. The standard InChI is InChI=1S/C11H16N4S/c1-8-4-5-10(16-8)9(2)12-6-11-14-13-7-15(11)3/h4-5,7,9,12H,6H2,1-3H3. The van der Waals surface area contributed by atoms with Crippen molar-refractivity contribution in [1.82, 2.24) is 20.1 Å². The Hall–Kier alpha value is -1.20. The normalized spacial score (nSPS) is 12.9. The van der Waals surface area contributed by atoms with Crippen molar-refractivity contribution < 1.29 is 0 Å². The number of nitrogens with one attached hydrogen (secondary N) is 1. The summed E-state index contributed by atoms with van der Waals surface area (Å²) in [5, 5.41) is 11.3. The molecule has 1 atom stereocenters. The summed E-state index contributed by atoms with van der Waals surface area (Å²) in [6.07, 6.45) is 1.72. The van der Waals surface area contributed by atoms with E-state index in [1.165, 1.54) is 9.75 Å². The number of hydrogen-bond donors (Lipinski definition) is 1. The molecule has 86 valence electrons. The second-order valence-corrected chi connectivity index (χ2v) is 5.23. The van der Waals surface area contributed by atoms with Gasteiger partial charge in [0.2, 0.25) is 0 Å². The molecule has 5 heteroatoms. The van der Waals surface area contributed by atoms with Gasteiger partial charge in [-0.2, -0.15) is 0 Å². The molecule has 1 N–H and O–H groups in total. The molecule has 16 heavy (non-hydrogen) atoms. The van der Waals surface area contributed by atoms with Crippen molar-refractivity contribution in [1.29, 1.82) is 0 Å². The summed E-state index contributed by atoms with van der Waals surface area (Å²) in [5.74, 6) is 0.958. The largest absolute Gasteiger partial charge is 0.320 e. The number of aryl methyl sites for hydroxylation is 2. The zero-order chi connectivity index (χ0) is 11.5. The van der Waals surface area contributed by atoms with Crippen LogP contribution >= 0.6 is 11.3 Å². The number of thiophene rings is 1. The molecule has 0 aliphatic rings. The Balaban J connectivity index is 1.93. The summed E-state index contributed by atoms with van der Waals surface area (Å²) >= 11 is 1.83. The van der Waals surface area contributed by atoms with E-state index in [4.69, 9.17) is 0 Å². The Labute approximate surface area is 99.3 Å². The highest BCUT2D eigenvalue weighted by molar-refractivity contribution is 7.12. The van der Waals surface area contributed by atoms with Crippen molar-refractivity contribution in [2.75, 3.05) is 0 Å². The van der Waals surface area contributed by atoms with Crippen LogP contribution in [0.1, 0.15) is 28.5 Å². The quantitative estimate of drug-likeness (QED) is 0.883. The van der Waals surface area contributed by atoms with Gasteiger partial charge in [-0.1, -0.05) is 0 Å². The van der Waals surface area contributed by atoms with Crippen LogP contribution in [0.3, 0.4) is 0 Å². The molecule has 0 aliphatic heterocycles. The first-order chi connectivity index (χ1) is 7.66. The van der Waals surface area contributed by atoms with Crippen molar-refractivity contribution >= 4 is 11.3 Å². The molecule has 0 amide bonds. The van der Waals surface area contributed by atoms with Crippen molar-refractivity contribution in [3.63, 3.8) is 0 Å². The lowest BCUT2D eigenvalue weighted by Gasteiger charge is -2.11. The maximum absolute atomic E-state index is 4.04. The van der Waals surface area contributed by atoms with Gasteiger partial charge in [-0.05, 0) is 26.0 Å². The average molecular weight is 236 g/mol. The minimum atomic E-state index is 0.357. The average Bonchev–Trinajstić information content (AvgIpc) is 2.84. The number of nitrogens with zero attached hydrogens (tertiary/aromatic N) is 3. The van der Waals surface area contributed by atoms with Gasteiger partial charge in [0.1, 0.15) is 12.2 Å². The lowest BCUT2D eigenvalue weighted by molar-refractivity contribution is 0.555. The van der Waals surface area contributed by atoms with E-state index in [1.807, 2.05) is 23.0 Å². The summed E-state index contributed by atoms with van der Waals surface area (Å²) in [4.78, 5) is 2.71. The lowest BCUT2D eigenvalue weighted by Crippen LogP contribution is -2.19. The fourth-order valence-electron chi connectivity index (χ4n) is 1.50. The smallest absolute Gasteiger partial charge is 0.146 e. The van der Waals surface area contributed by atoms with E-state index in [0.717, 1.165) is 12.4 Å². The van der Waals surface area contributed by atoms with Crippen LogP contribution in [0.25, 0.3) is 0 Å². The molecular weight excluding hydrogens is 220 g/mol. The molecule has 0 fully saturated rings. The van der Waals surface area contributed by atoms with Gasteiger partial charge in [0.25, 0.3) is 0 Å². The zero-order valence-corrected chi connectivity index (χ0v) is 10.6. The Morgan fingerprint density at radius 2 is 2.31 bits per heavy atom. The van der Waals surface area contributed by atoms with Gasteiger partial charge in [-0.3, -0.25) is 0 Å². The summed E-state index contributed by atoms with van der Waals surface area (Å²) in [7, 11) is 1.96. The molecule has 0 aromatic carbocycles.